The van der Waals surface area contributed by atoms with E-state index in [-0.39, 0.29) is 24.2 Å². The molecule has 1 heterocycles. The van der Waals surface area contributed by atoms with Gasteiger partial charge in [-0.05, 0) is 66.1 Å². The van der Waals surface area contributed by atoms with Crippen LogP contribution in [-0.4, -0.2) is 25.0 Å². The minimum atomic E-state index is -0.345. The van der Waals surface area contributed by atoms with Gasteiger partial charge in [0.05, 0.1) is 12.5 Å². The van der Waals surface area contributed by atoms with Crippen LogP contribution in [0.3, 0.4) is 0 Å². The molecule has 114 valence electrons. The number of ether oxygens (including phenoxy) is 1. The first-order valence-corrected chi connectivity index (χ1v) is 8.31. The van der Waals surface area contributed by atoms with E-state index in [0.717, 1.165) is 17.7 Å². The standard InChI is InChI=1S/C16H20INO3/c1-4-11-7-13(6-10(3)15(11)17)18-9-12(8-14(18)19)16(20)21-5-2/h6-7,12H,4-5,8-9H2,1-3H3/t12-/m1/s1. The third-order valence-electron chi connectivity index (χ3n) is 3.75. The van der Waals surface area contributed by atoms with E-state index in [2.05, 4.69) is 35.6 Å². The molecule has 0 spiro atoms. The molecule has 0 aromatic heterocycles. The van der Waals surface area contributed by atoms with Crippen molar-refractivity contribution in [2.24, 2.45) is 5.92 Å². The smallest absolute Gasteiger partial charge is 0.311 e. The van der Waals surface area contributed by atoms with Crippen LogP contribution >= 0.6 is 22.6 Å². The van der Waals surface area contributed by atoms with Gasteiger partial charge >= 0.3 is 5.97 Å². The minimum Gasteiger partial charge on any atom is -0.466 e. The third-order valence-corrected chi connectivity index (χ3v) is 5.30. The van der Waals surface area contributed by atoms with Crippen molar-refractivity contribution in [3.63, 3.8) is 0 Å². The van der Waals surface area contributed by atoms with Crippen molar-refractivity contribution in [1.82, 2.24) is 0 Å². The molecule has 1 amide bonds. The number of esters is 1. The van der Waals surface area contributed by atoms with Crippen molar-refractivity contribution >= 4 is 40.2 Å². The number of amides is 1. The highest BCUT2D eigenvalue weighted by atomic mass is 127. The summed E-state index contributed by atoms with van der Waals surface area (Å²) in [6.45, 7) is 6.71. The van der Waals surface area contributed by atoms with Gasteiger partial charge in [0.1, 0.15) is 0 Å². The van der Waals surface area contributed by atoms with E-state index in [1.54, 1.807) is 11.8 Å². The number of halogens is 1. The maximum atomic E-state index is 12.2. The van der Waals surface area contributed by atoms with Gasteiger partial charge in [0.15, 0.2) is 0 Å². The molecule has 1 aliphatic rings. The summed E-state index contributed by atoms with van der Waals surface area (Å²) in [5.74, 6) is -0.621. The first kappa shape index (κ1) is 16.3. The third kappa shape index (κ3) is 3.39. The molecule has 1 aromatic carbocycles. The van der Waals surface area contributed by atoms with E-state index in [0.29, 0.717) is 13.2 Å². The number of rotatable bonds is 4. The van der Waals surface area contributed by atoms with Crippen molar-refractivity contribution < 1.29 is 14.3 Å². The van der Waals surface area contributed by atoms with Crippen molar-refractivity contribution in [1.29, 1.82) is 0 Å². The van der Waals surface area contributed by atoms with Crippen LogP contribution in [-0.2, 0) is 20.7 Å². The molecule has 1 aromatic rings. The summed E-state index contributed by atoms with van der Waals surface area (Å²) in [5, 5.41) is 0. The van der Waals surface area contributed by atoms with Crippen LogP contribution in [0.25, 0.3) is 0 Å². The van der Waals surface area contributed by atoms with Gasteiger partial charge in [-0.25, -0.2) is 0 Å². The second kappa shape index (κ2) is 6.77. The molecule has 21 heavy (non-hydrogen) atoms. The minimum absolute atomic E-state index is 0.00397. The average molecular weight is 401 g/mol. The van der Waals surface area contributed by atoms with Gasteiger partial charge in [0.25, 0.3) is 0 Å². The molecule has 0 unspecified atom stereocenters. The summed E-state index contributed by atoms with van der Waals surface area (Å²) in [7, 11) is 0. The zero-order valence-electron chi connectivity index (χ0n) is 12.6. The highest BCUT2D eigenvalue weighted by Gasteiger charge is 2.36. The number of hydrogen-bond donors (Lipinski definition) is 0. The summed E-state index contributed by atoms with van der Waals surface area (Å²) >= 11 is 2.34. The zero-order chi connectivity index (χ0) is 15.6. The Hall–Kier alpha value is -1.11. The maximum absolute atomic E-state index is 12.2. The van der Waals surface area contributed by atoms with Gasteiger partial charge in [0, 0.05) is 22.2 Å². The lowest BCUT2D eigenvalue weighted by Gasteiger charge is -2.19. The lowest BCUT2D eigenvalue weighted by molar-refractivity contribution is -0.147. The normalized spacial score (nSPS) is 18.2. The van der Waals surface area contributed by atoms with Gasteiger partial charge in [-0.15, -0.1) is 0 Å². The van der Waals surface area contributed by atoms with E-state index in [4.69, 9.17) is 4.74 Å². The number of carbonyl (C=O) groups excluding carboxylic acids is 2. The van der Waals surface area contributed by atoms with Crippen molar-refractivity contribution in [3.05, 3.63) is 26.8 Å². The monoisotopic (exact) mass is 401 g/mol. The molecule has 0 N–H and O–H groups in total. The van der Waals surface area contributed by atoms with E-state index in [1.165, 1.54) is 9.13 Å². The lowest BCUT2D eigenvalue weighted by atomic mass is 10.1. The summed E-state index contributed by atoms with van der Waals surface area (Å²) in [5.41, 5.74) is 3.29. The molecule has 0 bridgehead atoms. The molecular formula is C16H20INO3. The van der Waals surface area contributed by atoms with Crippen molar-refractivity contribution in [3.8, 4) is 0 Å². The Bertz CT molecular complexity index is 571. The first-order valence-electron chi connectivity index (χ1n) is 7.23. The molecule has 1 saturated heterocycles. The Morgan fingerprint density at radius 3 is 2.76 bits per heavy atom. The summed E-state index contributed by atoms with van der Waals surface area (Å²) in [4.78, 5) is 25.7. The molecule has 1 aliphatic heterocycles. The number of benzene rings is 1. The maximum Gasteiger partial charge on any atom is 0.311 e. The van der Waals surface area contributed by atoms with Crippen LogP contribution in [0.1, 0.15) is 31.4 Å². The van der Waals surface area contributed by atoms with Gasteiger partial charge in [0.2, 0.25) is 5.91 Å². The first-order chi connectivity index (χ1) is 9.97. The molecule has 1 atom stereocenters. The van der Waals surface area contributed by atoms with Crippen LogP contribution in [0.4, 0.5) is 5.69 Å². The molecule has 2 rings (SSSR count). The Morgan fingerprint density at radius 2 is 2.14 bits per heavy atom. The van der Waals surface area contributed by atoms with Gasteiger partial charge in [-0.3, -0.25) is 9.59 Å². The molecule has 0 radical (unpaired) electrons. The topological polar surface area (TPSA) is 46.6 Å². The Balaban J connectivity index is 2.25. The molecule has 5 heteroatoms. The van der Waals surface area contributed by atoms with Gasteiger partial charge in [-0.1, -0.05) is 6.92 Å². The van der Waals surface area contributed by atoms with Crippen LogP contribution in [0, 0.1) is 16.4 Å². The Labute approximate surface area is 139 Å². The fraction of sp³-hybridized carbons (Fsp3) is 0.500. The van der Waals surface area contributed by atoms with Crippen molar-refractivity contribution in [2.75, 3.05) is 18.1 Å². The summed E-state index contributed by atoms with van der Waals surface area (Å²) in [6, 6.07) is 4.08. The molecule has 4 nitrogen and oxygen atoms in total. The number of nitrogens with zero attached hydrogens (tertiary/aromatic N) is 1. The largest absolute Gasteiger partial charge is 0.466 e. The molecule has 0 saturated carbocycles. The van der Waals surface area contributed by atoms with Crippen LogP contribution in [0.5, 0.6) is 0 Å². The van der Waals surface area contributed by atoms with Gasteiger partial charge < -0.3 is 9.64 Å². The van der Waals surface area contributed by atoms with Crippen LogP contribution in [0.2, 0.25) is 0 Å². The van der Waals surface area contributed by atoms with E-state index in [9.17, 15) is 9.59 Å². The number of hydrogen-bond acceptors (Lipinski definition) is 3. The quantitative estimate of drug-likeness (QED) is 0.576. The average Bonchev–Trinajstić information content (AvgIpc) is 2.84. The predicted molar refractivity (Wildman–Crippen MR) is 90.4 cm³/mol. The van der Waals surface area contributed by atoms with Crippen LogP contribution < -0.4 is 4.90 Å². The number of carbonyl (C=O) groups is 2. The van der Waals surface area contributed by atoms with E-state index >= 15 is 0 Å². The molecule has 0 aliphatic carbocycles. The SMILES string of the molecule is CCOC(=O)[C@@H]1CC(=O)N(c2cc(C)c(I)c(CC)c2)C1. The summed E-state index contributed by atoms with van der Waals surface area (Å²) in [6.07, 6.45) is 1.17. The van der Waals surface area contributed by atoms with E-state index < -0.39 is 0 Å². The fourth-order valence-electron chi connectivity index (χ4n) is 2.61. The number of aryl methyl sites for hydroxylation is 2. The highest BCUT2D eigenvalue weighted by Crippen LogP contribution is 2.30. The second-order valence-corrected chi connectivity index (χ2v) is 6.33. The molecular weight excluding hydrogens is 381 g/mol. The highest BCUT2D eigenvalue weighted by molar-refractivity contribution is 14.1. The Morgan fingerprint density at radius 1 is 1.43 bits per heavy atom. The van der Waals surface area contributed by atoms with Crippen molar-refractivity contribution in [2.45, 2.75) is 33.6 Å². The van der Waals surface area contributed by atoms with Crippen LogP contribution in [0.15, 0.2) is 12.1 Å². The Kier molecular flexibility index (Phi) is 5.24. The predicted octanol–water partition coefficient (Wildman–Crippen LogP) is 3.08. The zero-order valence-corrected chi connectivity index (χ0v) is 14.8. The van der Waals surface area contributed by atoms with E-state index in [1.807, 2.05) is 13.0 Å². The van der Waals surface area contributed by atoms with Gasteiger partial charge in [-0.2, -0.15) is 0 Å². The summed E-state index contributed by atoms with van der Waals surface area (Å²) < 4.78 is 6.27. The second-order valence-electron chi connectivity index (χ2n) is 5.25. The fourth-order valence-corrected chi connectivity index (χ4v) is 3.30. The number of anilines is 1. The molecule has 1 fully saturated rings. The lowest BCUT2D eigenvalue weighted by Crippen LogP contribution is -2.26.